The number of imide groups is 1. The van der Waals surface area contributed by atoms with Crippen LogP contribution in [0, 0.1) is 0 Å². The Morgan fingerprint density at radius 1 is 0.480 bits per heavy atom. The summed E-state index contributed by atoms with van der Waals surface area (Å²) in [5, 5.41) is 0.420. The molecule has 0 N–H and O–H groups in total. The second-order valence-electron chi connectivity index (χ2n) is 13.6. The van der Waals surface area contributed by atoms with E-state index in [1.165, 1.54) is 89.9 Å². The van der Waals surface area contributed by atoms with Crippen molar-refractivity contribution >= 4 is 35.7 Å². The van der Waals surface area contributed by atoms with Crippen LogP contribution in [-0.2, 0) is 47.8 Å². The first-order valence-corrected chi connectivity index (χ1v) is 19.8. The molecule has 1 saturated heterocycles. The molecule has 11 heteroatoms. The van der Waals surface area contributed by atoms with Crippen molar-refractivity contribution in [2.45, 2.75) is 200 Å². The fourth-order valence-electron chi connectivity index (χ4n) is 5.75. The van der Waals surface area contributed by atoms with Crippen LogP contribution in [0.25, 0.3) is 0 Å². The molecule has 1 heterocycles. The van der Waals surface area contributed by atoms with Crippen LogP contribution in [0.4, 0.5) is 0 Å². The number of nitrogens with zero attached hydrogens (tertiary/aromatic N) is 1. The number of carbonyl (C=O) groups is 6. The standard InChI is InChI=1S/C39H67NO10/c1-3-5-7-9-11-13-15-17-19-21-23-25-36(43)47-31-33(49-38(45)26-24-22-20-18-16-14-12-10-8-6-4-2)32-48-37(44)29-30-39(46)50-40-34(41)27-28-35(40)42/h33H,3-32H2,1-2H3/t33-/m1/s1. The maximum Gasteiger partial charge on any atom is 0.333 e. The van der Waals surface area contributed by atoms with E-state index in [0.717, 1.165) is 44.9 Å². The Morgan fingerprint density at radius 3 is 1.24 bits per heavy atom. The summed E-state index contributed by atoms with van der Waals surface area (Å²) >= 11 is 0. The molecular weight excluding hydrogens is 642 g/mol. The van der Waals surface area contributed by atoms with Crippen LogP contribution in [0.15, 0.2) is 0 Å². The van der Waals surface area contributed by atoms with Crippen LogP contribution in [0.2, 0.25) is 0 Å². The molecule has 1 rings (SSSR count). The van der Waals surface area contributed by atoms with Crippen molar-refractivity contribution in [1.29, 1.82) is 0 Å². The smallest absolute Gasteiger partial charge is 0.333 e. The van der Waals surface area contributed by atoms with Gasteiger partial charge in [0.05, 0.1) is 12.8 Å². The minimum Gasteiger partial charge on any atom is -0.462 e. The summed E-state index contributed by atoms with van der Waals surface area (Å²) in [5.41, 5.74) is 0. The molecule has 0 aromatic heterocycles. The highest BCUT2D eigenvalue weighted by molar-refractivity contribution is 6.01. The predicted octanol–water partition coefficient (Wildman–Crippen LogP) is 8.77. The van der Waals surface area contributed by atoms with Gasteiger partial charge in [0.25, 0.3) is 11.8 Å². The second-order valence-corrected chi connectivity index (χ2v) is 13.6. The first-order valence-electron chi connectivity index (χ1n) is 19.8. The fourth-order valence-corrected chi connectivity index (χ4v) is 5.75. The zero-order valence-corrected chi connectivity index (χ0v) is 31.3. The molecule has 0 radical (unpaired) electrons. The van der Waals surface area contributed by atoms with E-state index in [4.69, 9.17) is 19.0 Å². The third kappa shape index (κ3) is 25.0. The van der Waals surface area contributed by atoms with E-state index in [-0.39, 0.29) is 45.3 Å². The number of amides is 2. The summed E-state index contributed by atoms with van der Waals surface area (Å²) in [6.45, 7) is 3.86. The van der Waals surface area contributed by atoms with Crippen LogP contribution < -0.4 is 0 Å². The number of hydrogen-bond acceptors (Lipinski definition) is 10. The van der Waals surface area contributed by atoms with Crippen molar-refractivity contribution in [1.82, 2.24) is 5.06 Å². The van der Waals surface area contributed by atoms with Crippen LogP contribution in [0.5, 0.6) is 0 Å². The molecule has 0 spiro atoms. The van der Waals surface area contributed by atoms with Gasteiger partial charge in [0, 0.05) is 25.7 Å². The summed E-state index contributed by atoms with van der Waals surface area (Å²) in [6.07, 6.45) is 24.3. The fraction of sp³-hybridized carbons (Fsp3) is 0.846. The summed E-state index contributed by atoms with van der Waals surface area (Å²) in [5.74, 6) is -3.75. The highest BCUT2D eigenvalue weighted by Gasteiger charge is 2.33. The van der Waals surface area contributed by atoms with Gasteiger partial charge >= 0.3 is 23.9 Å². The lowest BCUT2D eigenvalue weighted by Gasteiger charge is -2.18. The Labute approximate surface area is 301 Å². The lowest BCUT2D eigenvalue weighted by molar-refractivity contribution is -0.197. The van der Waals surface area contributed by atoms with Gasteiger partial charge in [-0.25, -0.2) is 4.79 Å². The molecule has 0 saturated carbocycles. The van der Waals surface area contributed by atoms with E-state index in [0.29, 0.717) is 11.5 Å². The van der Waals surface area contributed by atoms with Crippen molar-refractivity contribution in [3.8, 4) is 0 Å². The van der Waals surface area contributed by atoms with Gasteiger partial charge in [-0.2, -0.15) is 0 Å². The zero-order chi connectivity index (χ0) is 36.7. The largest absolute Gasteiger partial charge is 0.462 e. The number of esters is 3. The van der Waals surface area contributed by atoms with E-state index in [1.54, 1.807) is 0 Å². The Kier molecular flexibility index (Phi) is 27.8. The summed E-state index contributed by atoms with van der Waals surface area (Å²) in [4.78, 5) is 77.4. The van der Waals surface area contributed by atoms with E-state index in [9.17, 15) is 28.8 Å². The second kappa shape index (κ2) is 30.8. The highest BCUT2D eigenvalue weighted by Crippen LogP contribution is 2.15. The van der Waals surface area contributed by atoms with Crippen molar-refractivity contribution in [2.24, 2.45) is 0 Å². The van der Waals surface area contributed by atoms with Crippen LogP contribution >= 0.6 is 0 Å². The monoisotopic (exact) mass is 709 g/mol. The minimum absolute atomic E-state index is 0.0304. The highest BCUT2D eigenvalue weighted by atomic mass is 16.7. The van der Waals surface area contributed by atoms with Crippen LogP contribution in [-0.4, -0.2) is 60.1 Å². The molecule has 0 unspecified atom stereocenters. The van der Waals surface area contributed by atoms with Crippen molar-refractivity contribution in [3.63, 3.8) is 0 Å². The third-order valence-electron chi connectivity index (χ3n) is 8.86. The molecule has 1 aliphatic rings. The topological polar surface area (TPSA) is 143 Å². The van der Waals surface area contributed by atoms with Gasteiger partial charge in [-0.05, 0) is 12.8 Å². The number of unbranched alkanes of at least 4 members (excludes halogenated alkanes) is 20. The average molecular weight is 710 g/mol. The van der Waals surface area contributed by atoms with Gasteiger partial charge < -0.3 is 19.0 Å². The average Bonchev–Trinajstić information content (AvgIpc) is 3.41. The summed E-state index contributed by atoms with van der Waals surface area (Å²) in [6, 6.07) is 0. The molecule has 50 heavy (non-hydrogen) atoms. The van der Waals surface area contributed by atoms with Gasteiger partial charge in [0.1, 0.15) is 13.2 Å². The molecule has 0 bridgehead atoms. The first kappa shape index (κ1) is 45.0. The molecule has 0 aromatic carbocycles. The van der Waals surface area contributed by atoms with E-state index in [1.807, 2.05) is 0 Å². The molecule has 11 nitrogen and oxygen atoms in total. The van der Waals surface area contributed by atoms with Crippen LogP contribution in [0.3, 0.4) is 0 Å². The number of hydrogen-bond donors (Lipinski definition) is 0. The van der Waals surface area contributed by atoms with E-state index in [2.05, 4.69) is 13.8 Å². The summed E-state index contributed by atoms with van der Waals surface area (Å²) in [7, 11) is 0. The maximum atomic E-state index is 12.6. The minimum atomic E-state index is -0.979. The number of rotatable bonds is 33. The third-order valence-corrected chi connectivity index (χ3v) is 8.86. The number of carbonyl (C=O) groups excluding carboxylic acids is 6. The quantitative estimate of drug-likeness (QED) is 0.0281. The van der Waals surface area contributed by atoms with Gasteiger partial charge in [-0.15, -0.1) is 5.06 Å². The normalized spacial score (nSPS) is 13.4. The summed E-state index contributed by atoms with van der Waals surface area (Å²) < 4.78 is 16.1. The SMILES string of the molecule is CCCCCCCCCCCCCC(=O)OC[C@H](COC(=O)CCC(=O)ON1C(=O)CCC1=O)OC(=O)CCCCCCCCCCCCC. The van der Waals surface area contributed by atoms with E-state index < -0.39 is 48.2 Å². The Bertz CT molecular complexity index is 953. The molecule has 1 fully saturated rings. The molecule has 288 valence electrons. The van der Waals surface area contributed by atoms with Gasteiger partial charge in [0.15, 0.2) is 6.10 Å². The lowest BCUT2D eigenvalue weighted by Crippen LogP contribution is -2.32. The Hall–Kier alpha value is -2.98. The van der Waals surface area contributed by atoms with Crippen molar-refractivity contribution < 1.29 is 47.8 Å². The van der Waals surface area contributed by atoms with Crippen molar-refractivity contribution in [3.05, 3.63) is 0 Å². The van der Waals surface area contributed by atoms with E-state index >= 15 is 0 Å². The lowest BCUT2D eigenvalue weighted by atomic mass is 10.1. The zero-order valence-electron chi connectivity index (χ0n) is 31.3. The molecule has 0 aromatic rings. The number of hydroxylamine groups is 2. The molecule has 0 aliphatic carbocycles. The van der Waals surface area contributed by atoms with Crippen molar-refractivity contribution in [2.75, 3.05) is 13.2 Å². The number of ether oxygens (including phenoxy) is 3. The molecule has 1 aliphatic heterocycles. The van der Waals surface area contributed by atoms with Gasteiger partial charge in [0.2, 0.25) is 0 Å². The Morgan fingerprint density at radius 2 is 0.820 bits per heavy atom. The van der Waals surface area contributed by atoms with Crippen LogP contribution in [0.1, 0.15) is 194 Å². The molecular formula is C39H67NO10. The molecule has 2 amide bonds. The first-order chi connectivity index (χ1) is 24.3. The maximum absolute atomic E-state index is 12.6. The Balaban J connectivity index is 2.37. The molecule has 1 atom stereocenters. The predicted molar refractivity (Wildman–Crippen MR) is 190 cm³/mol. The van der Waals surface area contributed by atoms with Gasteiger partial charge in [-0.1, -0.05) is 142 Å². The van der Waals surface area contributed by atoms with Gasteiger partial charge in [-0.3, -0.25) is 24.0 Å².